The zero-order chi connectivity index (χ0) is 17.1. The normalized spacial score (nSPS) is 27.5. The Bertz CT molecular complexity index is 566. The van der Waals surface area contributed by atoms with Crippen molar-refractivity contribution in [2.24, 2.45) is 5.92 Å². The molecule has 2 fully saturated rings. The molecule has 1 aromatic carbocycles. The Hall–Kier alpha value is -1.39. The van der Waals surface area contributed by atoms with Gasteiger partial charge in [0.2, 0.25) is 5.91 Å². The fraction of sp³-hybridized carbons (Fsp3) is 0.650. The van der Waals surface area contributed by atoms with Gasteiger partial charge in [-0.15, -0.1) is 0 Å². The molecule has 0 bridgehead atoms. The van der Waals surface area contributed by atoms with Gasteiger partial charge in [-0.25, -0.2) is 0 Å². The molecular weight excluding hydrogens is 302 g/mol. The van der Waals surface area contributed by atoms with Crippen LogP contribution in [0.25, 0.3) is 0 Å². The minimum Gasteiger partial charge on any atom is -0.393 e. The number of ether oxygens (including phenoxy) is 1. The van der Waals surface area contributed by atoms with E-state index in [0.717, 1.165) is 25.7 Å². The summed E-state index contributed by atoms with van der Waals surface area (Å²) in [5, 5.41) is 10.2. The first-order chi connectivity index (χ1) is 11.5. The summed E-state index contributed by atoms with van der Waals surface area (Å²) in [7, 11) is 0. The third-order valence-corrected chi connectivity index (χ3v) is 5.42. The topological polar surface area (TPSA) is 49.8 Å². The lowest BCUT2D eigenvalue weighted by Crippen LogP contribution is -2.53. The molecule has 1 saturated carbocycles. The van der Waals surface area contributed by atoms with E-state index >= 15 is 0 Å². The highest BCUT2D eigenvalue weighted by atomic mass is 16.5. The number of aliphatic hydroxyl groups excluding tert-OH is 1. The van der Waals surface area contributed by atoms with Crippen molar-refractivity contribution >= 4 is 5.91 Å². The highest BCUT2D eigenvalue weighted by Crippen LogP contribution is 2.32. The van der Waals surface area contributed by atoms with Crippen LogP contribution < -0.4 is 0 Å². The molecule has 1 aliphatic carbocycles. The van der Waals surface area contributed by atoms with Crippen molar-refractivity contribution in [2.75, 3.05) is 19.8 Å². The van der Waals surface area contributed by atoms with E-state index in [1.54, 1.807) is 0 Å². The highest BCUT2D eigenvalue weighted by Gasteiger charge is 2.39. The second-order valence-electron chi connectivity index (χ2n) is 7.39. The molecule has 3 atom stereocenters. The zero-order valence-electron chi connectivity index (χ0n) is 14.8. The second-order valence-corrected chi connectivity index (χ2v) is 7.39. The van der Waals surface area contributed by atoms with Gasteiger partial charge in [0.05, 0.1) is 25.4 Å². The summed E-state index contributed by atoms with van der Waals surface area (Å²) in [5.41, 5.74) is 3.72. The van der Waals surface area contributed by atoms with Crippen molar-refractivity contribution in [3.63, 3.8) is 0 Å². The number of benzene rings is 1. The molecule has 4 nitrogen and oxygen atoms in total. The molecule has 0 spiro atoms. The van der Waals surface area contributed by atoms with Crippen molar-refractivity contribution in [1.82, 2.24) is 4.90 Å². The smallest absolute Gasteiger partial charge is 0.223 e. The minimum absolute atomic E-state index is 0.0444. The molecule has 1 N–H and O–H groups in total. The Morgan fingerprint density at radius 3 is 2.67 bits per heavy atom. The van der Waals surface area contributed by atoms with Crippen molar-refractivity contribution in [3.8, 4) is 0 Å². The van der Waals surface area contributed by atoms with E-state index in [1.807, 2.05) is 4.90 Å². The van der Waals surface area contributed by atoms with Crippen LogP contribution >= 0.6 is 0 Å². The maximum atomic E-state index is 12.8. The standard InChI is InChI=1S/C20H29NO3/c1-14-10-15(2)12-16(11-14)6-7-20(23)21-8-9-24-13-18(21)17-4-3-5-19(17)22/h10-12,17-19,22H,3-9,13H2,1-2H3/t17-,18+,19-/m0/s1. The van der Waals surface area contributed by atoms with Crippen molar-refractivity contribution in [1.29, 1.82) is 0 Å². The van der Waals surface area contributed by atoms with Gasteiger partial charge in [0.1, 0.15) is 0 Å². The van der Waals surface area contributed by atoms with Gasteiger partial charge in [-0.1, -0.05) is 35.7 Å². The average Bonchev–Trinajstić information content (AvgIpc) is 2.97. The number of carbonyl (C=O) groups excluding carboxylic acids is 1. The lowest BCUT2D eigenvalue weighted by Gasteiger charge is -2.40. The van der Waals surface area contributed by atoms with Crippen LogP contribution in [0.15, 0.2) is 18.2 Å². The number of aryl methyl sites for hydroxylation is 3. The van der Waals surface area contributed by atoms with Crippen LogP contribution in [0.4, 0.5) is 0 Å². The van der Waals surface area contributed by atoms with E-state index in [2.05, 4.69) is 32.0 Å². The fourth-order valence-corrected chi connectivity index (χ4v) is 4.31. The molecule has 3 rings (SSSR count). The molecular formula is C20H29NO3. The Kier molecular flexibility index (Phi) is 5.57. The Balaban J connectivity index is 1.63. The number of aliphatic hydroxyl groups is 1. The van der Waals surface area contributed by atoms with Gasteiger partial charge in [-0.05, 0) is 38.7 Å². The lowest BCUT2D eigenvalue weighted by molar-refractivity contribution is -0.143. The number of nitrogens with zero attached hydrogens (tertiary/aromatic N) is 1. The van der Waals surface area contributed by atoms with Crippen LogP contribution in [-0.4, -0.2) is 47.8 Å². The van der Waals surface area contributed by atoms with Crippen LogP contribution in [0.5, 0.6) is 0 Å². The van der Waals surface area contributed by atoms with E-state index in [4.69, 9.17) is 4.74 Å². The highest BCUT2D eigenvalue weighted by molar-refractivity contribution is 5.77. The molecule has 1 heterocycles. The Labute approximate surface area is 144 Å². The van der Waals surface area contributed by atoms with Gasteiger partial charge in [0.25, 0.3) is 0 Å². The number of hydrogen-bond donors (Lipinski definition) is 1. The number of hydrogen-bond acceptors (Lipinski definition) is 3. The largest absolute Gasteiger partial charge is 0.393 e. The molecule has 0 unspecified atom stereocenters. The summed E-state index contributed by atoms with van der Waals surface area (Å²) in [5.74, 6) is 0.372. The molecule has 4 heteroatoms. The first kappa shape index (κ1) is 17.4. The molecule has 0 aromatic heterocycles. The zero-order valence-corrected chi connectivity index (χ0v) is 14.8. The SMILES string of the molecule is Cc1cc(C)cc(CCC(=O)N2CCOC[C@@H]2[C@@H]2CCC[C@@H]2O)c1. The number of morpholine rings is 1. The van der Waals surface area contributed by atoms with Gasteiger partial charge in [-0.2, -0.15) is 0 Å². The van der Waals surface area contributed by atoms with E-state index < -0.39 is 0 Å². The first-order valence-electron chi connectivity index (χ1n) is 9.17. The number of carbonyl (C=O) groups is 1. The second kappa shape index (κ2) is 7.66. The summed E-state index contributed by atoms with van der Waals surface area (Å²) in [6.07, 6.45) is 3.92. The summed E-state index contributed by atoms with van der Waals surface area (Å²) in [6, 6.07) is 6.53. The van der Waals surface area contributed by atoms with Gasteiger partial charge in [0, 0.05) is 18.9 Å². The third kappa shape index (κ3) is 3.98. The van der Waals surface area contributed by atoms with E-state index in [-0.39, 0.29) is 24.0 Å². The molecule has 0 radical (unpaired) electrons. The molecule has 1 aromatic rings. The summed E-state index contributed by atoms with van der Waals surface area (Å²) in [4.78, 5) is 14.8. The summed E-state index contributed by atoms with van der Waals surface area (Å²) >= 11 is 0. The predicted molar refractivity (Wildman–Crippen MR) is 93.9 cm³/mol. The molecule has 132 valence electrons. The van der Waals surface area contributed by atoms with E-state index in [0.29, 0.717) is 26.2 Å². The maximum absolute atomic E-state index is 12.8. The third-order valence-electron chi connectivity index (χ3n) is 5.42. The number of amides is 1. The average molecular weight is 331 g/mol. The van der Waals surface area contributed by atoms with Crippen LogP contribution in [0, 0.1) is 19.8 Å². The van der Waals surface area contributed by atoms with Crippen molar-refractivity contribution < 1.29 is 14.6 Å². The van der Waals surface area contributed by atoms with Gasteiger partial charge in [0.15, 0.2) is 0 Å². The quantitative estimate of drug-likeness (QED) is 0.923. The first-order valence-corrected chi connectivity index (χ1v) is 9.17. The van der Waals surface area contributed by atoms with Gasteiger partial charge in [-0.3, -0.25) is 4.79 Å². The monoisotopic (exact) mass is 331 g/mol. The van der Waals surface area contributed by atoms with Gasteiger partial charge >= 0.3 is 0 Å². The molecule has 24 heavy (non-hydrogen) atoms. The maximum Gasteiger partial charge on any atom is 0.223 e. The van der Waals surface area contributed by atoms with Crippen LogP contribution in [0.1, 0.15) is 42.4 Å². The van der Waals surface area contributed by atoms with Gasteiger partial charge < -0.3 is 14.7 Å². The van der Waals surface area contributed by atoms with Crippen LogP contribution in [-0.2, 0) is 16.0 Å². The lowest BCUT2D eigenvalue weighted by atomic mass is 9.93. The molecule has 1 amide bonds. The fourth-order valence-electron chi connectivity index (χ4n) is 4.31. The molecule has 2 aliphatic rings. The van der Waals surface area contributed by atoms with Crippen molar-refractivity contribution in [3.05, 3.63) is 34.9 Å². The van der Waals surface area contributed by atoms with Crippen LogP contribution in [0.2, 0.25) is 0 Å². The summed E-state index contributed by atoms with van der Waals surface area (Å²) < 4.78 is 5.61. The van der Waals surface area contributed by atoms with Crippen molar-refractivity contribution in [2.45, 2.75) is 58.1 Å². The Morgan fingerprint density at radius 1 is 1.25 bits per heavy atom. The predicted octanol–water partition coefficient (Wildman–Crippen LogP) is 2.62. The Morgan fingerprint density at radius 2 is 2.00 bits per heavy atom. The molecule has 1 aliphatic heterocycles. The molecule has 1 saturated heterocycles. The van der Waals surface area contributed by atoms with E-state index in [1.165, 1.54) is 16.7 Å². The minimum atomic E-state index is -0.286. The number of rotatable bonds is 4. The summed E-state index contributed by atoms with van der Waals surface area (Å²) in [6.45, 7) is 6.01. The van der Waals surface area contributed by atoms with E-state index in [9.17, 15) is 9.90 Å². The van der Waals surface area contributed by atoms with Crippen LogP contribution in [0.3, 0.4) is 0 Å².